The minimum absolute atomic E-state index is 0.0887. The molecule has 0 radical (unpaired) electrons. The monoisotopic (exact) mass is 458 g/mol. The third-order valence-corrected chi connectivity index (χ3v) is 5.52. The van der Waals surface area contributed by atoms with E-state index in [2.05, 4.69) is 15.3 Å². The molecule has 1 aromatic carbocycles. The highest BCUT2D eigenvalue weighted by Gasteiger charge is 2.23. The van der Waals surface area contributed by atoms with Crippen LogP contribution in [0.4, 0.5) is 15.9 Å². The van der Waals surface area contributed by atoms with Crippen molar-refractivity contribution in [2.24, 2.45) is 0 Å². The fraction of sp³-hybridized carbons (Fsp3) is 0.269. The van der Waals surface area contributed by atoms with Gasteiger partial charge in [-0.3, -0.25) is 9.78 Å². The number of carbonyl (C=O) groups is 1. The van der Waals surface area contributed by atoms with Crippen LogP contribution in [0.25, 0.3) is 22.3 Å². The third kappa shape index (κ3) is 5.01. The van der Waals surface area contributed by atoms with Crippen molar-refractivity contribution in [2.75, 3.05) is 23.8 Å². The minimum atomic E-state index is -0.591. The summed E-state index contributed by atoms with van der Waals surface area (Å²) in [4.78, 5) is 32.1. The molecule has 5 rings (SSSR count). The number of anilines is 2. The molecule has 174 valence electrons. The van der Waals surface area contributed by atoms with Crippen molar-refractivity contribution in [2.45, 2.75) is 33.1 Å². The van der Waals surface area contributed by atoms with Crippen LogP contribution in [0.3, 0.4) is 0 Å². The second-order valence-electron chi connectivity index (χ2n) is 7.84. The number of likely N-dealkylation sites (N-methyl/N-ethyl adjacent to an activating group) is 1. The molecule has 0 saturated heterocycles. The molecular formula is C26H27FN6O. The summed E-state index contributed by atoms with van der Waals surface area (Å²) in [6.07, 6.45) is 5.89. The molecular weight excluding hydrogens is 431 g/mol. The second kappa shape index (κ2) is 10.3. The van der Waals surface area contributed by atoms with Gasteiger partial charge in [0.1, 0.15) is 11.5 Å². The van der Waals surface area contributed by atoms with E-state index >= 15 is 0 Å². The Morgan fingerprint density at radius 3 is 2.59 bits per heavy atom. The average molecular weight is 459 g/mol. The van der Waals surface area contributed by atoms with Gasteiger partial charge in [0.05, 0.1) is 18.4 Å². The first kappa shape index (κ1) is 23.2. The van der Waals surface area contributed by atoms with Crippen LogP contribution in [0.1, 0.15) is 31.5 Å². The largest absolute Gasteiger partial charge is 0.350 e. The summed E-state index contributed by atoms with van der Waals surface area (Å²) in [5.41, 5.74) is 3.23. The van der Waals surface area contributed by atoms with Crippen LogP contribution in [0, 0.1) is 5.95 Å². The van der Waals surface area contributed by atoms with E-state index in [4.69, 9.17) is 9.97 Å². The number of rotatable bonds is 5. The van der Waals surface area contributed by atoms with Crippen LogP contribution in [0.15, 0.2) is 54.9 Å². The fourth-order valence-electron chi connectivity index (χ4n) is 3.99. The number of hydrogen-bond donors (Lipinski definition) is 1. The number of aryl methyl sites for hydroxylation is 1. The van der Waals surface area contributed by atoms with E-state index in [0.717, 1.165) is 47.1 Å². The van der Waals surface area contributed by atoms with E-state index in [1.807, 2.05) is 62.3 Å². The smallest absolute Gasteiger partial charge is 0.243 e. The van der Waals surface area contributed by atoms with Crippen molar-refractivity contribution in [3.8, 4) is 11.5 Å². The topological polar surface area (TPSA) is 83.9 Å². The summed E-state index contributed by atoms with van der Waals surface area (Å²) < 4.78 is 13.0. The molecule has 0 spiro atoms. The van der Waals surface area contributed by atoms with Gasteiger partial charge in [-0.1, -0.05) is 38.1 Å². The van der Waals surface area contributed by atoms with Crippen LogP contribution in [-0.2, 0) is 17.6 Å². The Hall–Kier alpha value is -3.94. The predicted molar refractivity (Wildman–Crippen MR) is 132 cm³/mol. The highest BCUT2D eigenvalue weighted by molar-refractivity contribution is 5.94. The van der Waals surface area contributed by atoms with Crippen LogP contribution in [0.2, 0.25) is 0 Å². The van der Waals surface area contributed by atoms with Gasteiger partial charge in [-0.05, 0) is 42.8 Å². The number of amides is 1. The van der Waals surface area contributed by atoms with Crippen LogP contribution >= 0.6 is 0 Å². The summed E-state index contributed by atoms with van der Waals surface area (Å²) in [6, 6.07) is 12.7. The lowest BCUT2D eigenvalue weighted by molar-refractivity contribution is -0.114. The Balaban J connectivity index is 0.00000133. The van der Waals surface area contributed by atoms with Gasteiger partial charge in [0.25, 0.3) is 0 Å². The van der Waals surface area contributed by atoms with Gasteiger partial charge < -0.3 is 10.2 Å². The molecule has 0 fully saturated rings. The summed E-state index contributed by atoms with van der Waals surface area (Å²) >= 11 is 0. The molecule has 4 aromatic rings. The van der Waals surface area contributed by atoms with Crippen molar-refractivity contribution in [1.29, 1.82) is 0 Å². The standard InChI is InChI=1S/C24H21FN6O.C2H6/c1-31(14-22(32)28-17-9-10-21(25)27-13-17)24-18-7-4-8-19(18)29-23(30-24)20-11-15-5-2-3-6-16(15)12-26-20;1-2/h2-3,5-6,9-13H,4,7-8,14H2,1H3,(H,28,32);1-2H3. The predicted octanol–water partition coefficient (Wildman–Crippen LogP) is 4.82. The summed E-state index contributed by atoms with van der Waals surface area (Å²) in [5.74, 6) is 0.467. The lowest BCUT2D eigenvalue weighted by Gasteiger charge is -2.21. The third-order valence-electron chi connectivity index (χ3n) is 5.52. The molecule has 8 heteroatoms. The van der Waals surface area contributed by atoms with Crippen molar-refractivity contribution < 1.29 is 9.18 Å². The Bertz CT molecular complexity index is 1310. The van der Waals surface area contributed by atoms with Crippen molar-refractivity contribution in [3.63, 3.8) is 0 Å². The Kier molecular flexibility index (Phi) is 7.06. The fourth-order valence-corrected chi connectivity index (χ4v) is 3.99. The van der Waals surface area contributed by atoms with Gasteiger partial charge in [-0.15, -0.1) is 0 Å². The molecule has 3 aromatic heterocycles. The first-order valence-electron chi connectivity index (χ1n) is 11.4. The zero-order valence-corrected chi connectivity index (χ0v) is 19.5. The minimum Gasteiger partial charge on any atom is -0.350 e. The Labute approximate surface area is 198 Å². The van der Waals surface area contributed by atoms with Gasteiger partial charge in [-0.2, -0.15) is 4.39 Å². The number of nitrogens with one attached hydrogen (secondary N) is 1. The van der Waals surface area contributed by atoms with Crippen LogP contribution in [0.5, 0.6) is 0 Å². The zero-order chi connectivity index (χ0) is 24.1. The Morgan fingerprint density at radius 2 is 1.82 bits per heavy atom. The Morgan fingerprint density at radius 1 is 1.03 bits per heavy atom. The van der Waals surface area contributed by atoms with Gasteiger partial charge in [0.15, 0.2) is 5.82 Å². The molecule has 0 unspecified atom stereocenters. The van der Waals surface area contributed by atoms with Gasteiger partial charge >= 0.3 is 0 Å². The number of aromatic nitrogens is 4. The molecule has 0 saturated carbocycles. The maximum Gasteiger partial charge on any atom is 0.243 e. The molecule has 1 aliphatic rings. The van der Waals surface area contributed by atoms with Gasteiger partial charge in [-0.25, -0.2) is 15.0 Å². The molecule has 0 bridgehead atoms. The SMILES string of the molecule is CC.CN(CC(=O)Nc1ccc(F)nc1)c1nc(-c2cc3ccccc3cn2)nc2c1CCC2. The van der Waals surface area contributed by atoms with Gasteiger partial charge in [0.2, 0.25) is 11.9 Å². The number of fused-ring (bicyclic) bond motifs is 2. The van der Waals surface area contributed by atoms with Crippen molar-refractivity contribution in [1.82, 2.24) is 19.9 Å². The van der Waals surface area contributed by atoms with E-state index in [1.165, 1.54) is 18.3 Å². The molecule has 1 aliphatic carbocycles. The van der Waals surface area contributed by atoms with Crippen molar-refractivity contribution in [3.05, 3.63) is 72.1 Å². The number of pyridine rings is 2. The quantitative estimate of drug-likeness (QED) is 0.432. The second-order valence-corrected chi connectivity index (χ2v) is 7.84. The zero-order valence-electron chi connectivity index (χ0n) is 19.5. The highest BCUT2D eigenvalue weighted by Crippen LogP contribution is 2.31. The molecule has 3 heterocycles. The number of carbonyl (C=O) groups excluding carboxylic acids is 1. The van der Waals surface area contributed by atoms with Crippen LogP contribution < -0.4 is 10.2 Å². The summed E-state index contributed by atoms with van der Waals surface area (Å²) in [7, 11) is 1.83. The lowest BCUT2D eigenvalue weighted by atomic mass is 10.1. The van der Waals surface area contributed by atoms with E-state index in [9.17, 15) is 9.18 Å². The number of nitrogens with zero attached hydrogens (tertiary/aromatic N) is 5. The van der Waals surface area contributed by atoms with E-state index < -0.39 is 5.95 Å². The number of benzene rings is 1. The maximum atomic E-state index is 13.0. The average Bonchev–Trinajstić information content (AvgIpc) is 3.34. The van der Waals surface area contributed by atoms with Gasteiger partial charge in [0, 0.05) is 29.9 Å². The normalized spacial score (nSPS) is 12.0. The highest BCUT2D eigenvalue weighted by atomic mass is 19.1. The van der Waals surface area contributed by atoms with Crippen LogP contribution in [-0.4, -0.2) is 39.4 Å². The summed E-state index contributed by atoms with van der Waals surface area (Å²) in [5, 5.41) is 4.87. The molecule has 1 N–H and O–H groups in total. The molecule has 0 aliphatic heterocycles. The first-order chi connectivity index (χ1) is 16.6. The molecule has 34 heavy (non-hydrogen) atoms. The first-order valence-corrected chi connectivity index (χ1v) is 11.4. The summed E-state index contributed by atoms with van der Waals surface area (Å²) in [6.45, 7) is 4.09. The molecule has 0 atom stereocenters. The molecule has 7 nitrogen and oxygen atoms in total. The van der Waals surface area contributed by atoms with E-state index in [1.54, 1.807) is 0 Å². The van der Waals surface area contributed by atoms with E-state index in [0.29, 0.717) is 17.2 Å². The lowest BCUT2D eigenvalue weighted by Crippen LogP contribution is -2.31. The van der Waals surface area contributed by atoms with E-state index in [-0.39, 0.29) is 12.5 Å². The maximum absolute atomic E-state index is 13.0. The van der Waals surface area contributed by atoms with Crippen molar-refractivity contribution >= 4 is 28.2 Å². The number of hydrogen-bond acceptors (Lipinski definition) is 6. The molecule has 1 amide bonds. The number of halogens is 1.